The van der Waals surface area contributed by atoms with Gasteiger partial charge >= 0.3 is 0 Å². The Morgan fingerprint density at radius 1 is 1.06 bits per heavy atom. The van der Waals surface area contributed by atoms with Crippen molar-refractivity contribution in [3.05, 3.63) is 96.1 Å². The molecule has 0 bridgehead atoms. The maximum atomic E-state index is 12.7. The van der Waals surface area contributed by atoms with Crippen LogP contribution in [0.25, 0.3) is 16.9 Å². The van der Waals surface area contributed by atoms with Crippen molar-refractivity contribution in [2.45, 2.75) is 32.7 Å². The number of nitrogens with zero attached hydrogens (tertiary/aromatic N) is 4. The van der Waals surface area contributed by atoms with Gasteiger partial charge in [0.15, 0.2) is 0 Å². The normalized spacial score (nSPS) is 15.8. The van der Waals surface area contributed by atoms with E-state index in [0.717, 1.165) is 34.0 Å². The van der Waals surface area contributed by atoms with Crippen LogP contribution in [-0.4, -0.2) is 26.4 Å². The second kappa shape index (κ2) is 8.30. The number of benzene rings is 2. The quantitative estimate of drug-likeness (QED) is 0.423. The van der Waals surface area contributed by atoms with E-state index in [2.05, 4.69) is 31.2 Å². The van der Waals surface area contributed by atoms with Crippen LogP contribution in [0.15, 0.2) is 88.7 Å². The fraction of sp³-hybridized carbons (Fsp3) is 0.192. The molecule has 0 fully saturated rings. The zero-order chi connectivity index (χ0) is 22.1. The summed E-state index contributed by atoms with van der Waals surface area (Å²) in [5.74, 6) is 0.701. The van der Waals surface area contributed by atoms with E-state index in [1.54, 1.807) is 11.3 Å². The van der Waals surface area contributed by atoms with Crippen LogP contribution in [0.2, 0.25) is 0 Å². The van der Waals surface area contributed by atoms with Crippen molar-refractivity contribution >= 4 is 11.6 Å². The van der Waals surface area contributed by atoms with E-state index in [0.29, 0.717) is 12.8 Å². The third kappa shape index (κ3) is 3.64. The third-order valence-corrected chi connectivity index (χ3v) is 5.71. The zero-order valence-electron chi connectivity index (χ0n) is 18.1. The minimum Gasteiger partial charge on any atom is -0.467 e. The predicted octanol–water partition coefficient (Wildman–Crippen LogP) is 5.53. The van der Waals surface area contributed by atoms with Gasteiger partial charge < -0.3 is 4.42 Å². The summed E-state index contributed by atoms with van der Waals surface area (Å²) >= 11 is 0. The SMILES string of the molecule is CCC(=O)N1N=C(c2cn(-c3ccccc3)nc2-c2ccc(C)cc2)C[C@@H]1c1ccco1. The molecule has 3 heterocycles. The molecule has 2 aromatic carbocycles. The third-order valence-electron chi connectivity index (χ3n) is 5.71. The van der Waals surface area contributed by atoms with E-state index < -0.39 is 0 Å². The largest absolute Gasteiger partial charge is 0.467 e. The zero-order valence-corrected chi connectivity index (χ0v) is 18.1. The van der Waals surface area contributed by atoms with E-state index in [1.165, 1.54) is 5.56 Å². The molecule has 6 heteroatoms. The van der Waals surface area contributed by atoms with Crippen LogP contribution >= 0.6 is 0 Å². The Hall–Kier alpha value is -3.93. The monoisotopic (exact) mass is 424 g/mol. The summed E-state index contributed by atoms with van der Waals surface area (Å²) in [5, 5.41) is 11.2. The minimum atomic E-state index is -0.251. The number of carbonyl (C=O) groups is 1. The first-order chi connectivity index (χ1) is 15.6. The topological polar surface area (TPSA) is 63.6 Å². The number of hydrogen-bond donors (Lipinski definition) is 0. The molecule has 1 aliphatic heterocycles. The van der Waals surface area contributed by atoms with Gasteiger partial charge in [-0.2, -0.15) is 10.2 Å². The summed E-state index contributed by atoms with van der Waals surface area (Å²) in [7, 11) is 0. The van der Waals surface area contributed by atoms with Crippen molar-refractivity contribution < 1.29 is 9.21 Å². The first kappa shape index (κ1) is 20.0. The van der Waals surface area contributed by atoms with Crippen LogP contribution in [0.4, 0.5) is 0 Å². The number of aryl methyl sites for hydroxylation is 1. The van der Waals surface area contributed by atoms with Gasteiger partial charge in [-0.15, -0.1) is 0 Å². The first-order valence-electron chi connectivity index (χ1n) is 10.8. The number of hydrazone groups is 1. The van der Waals surface area contributed by atoms with Crippen LogP contribution in [0.1, 0.15) is 42.7 Å². The van der Waals surface area contributed by atoms with Crippen molar-refractivity contribution in [3.63, 3.8) is 0 Å². The van der Waals surface area contributed by atoms with E-state index in [1.807, 2.05) is 60.3 Å². The molecule has 6 nitrogen and oxygen atoms in total. The van der Waals surface area contributed by atoms with Gasteiger partial charge in [-0.3, -0.25) is 4.79 Å². The highest BCUT2D eigenvalue weighted by Gasteiger charge is 2.35. The van der Waals surface area contributed by atoms with E-state index in [4.69, 9.17) is 14.6 Å². The van der Waals surface area contributed by atoms with Gasteiger partial charge in [-0.25, -0.2) is 9.69 Å². The summed E-state index contributed by atoms with van der Waals surface area (Å²) in [4.78, 5) is 12.7. The van der Waals surface area contributed by atoms with Gasteiger partial charge in [0.25, 0.3) is 0 Å². The molecule has 0 radical (unpaired) electrons. The fourth-order valence-electron chi connectivity index (χ4n) is 3.99. The lowest BCUT2D eigenvalue weighted by Gasteiger charge is -2.18. The summed E-state index contributed by atoms with van der Waals surface area (Å²) in [5.41, 5.74) is 5.75. The van der Waals surface area contributed by atoms with Gasteiger partial charge in [0.1, 0.15) is 17.5 Å². The lowest BCUT2D eigenvalue weighted by molar-refractivity contribution is -0.133. The standard InChI is InChI=1S/C26H24N4O2/c1-3-25(31)30-23(24-10-7-15-32-24)16-22(27-30)21-17-29(20-8-5-4-6-9-20)28-26(21)19-13-11-18(2)12-14-19/h4-15,17,23H,3,16H2,1-2H3/t23-/m1/s1. The number of para-hydroxylation sites is 1. The predicted molar refractivity (Wildman–Crippen MR) is 123 cm³/mol. The van der Waals surface area contributed by atoms with Crippen LogP contribution in [0.5, 0.6) is 0 Å². The van der Waals surface area contributed by atoms with Crippen molar-refractivity contribution in [2.75, 3.05) is 0 Å². The maximum Gasteiger partial charge on any atom is 0.243 e. The average Bonchev–Trinajstić information content (AvgIpc) is 3.58. The van der Waals surface area contributed by atoms with Crippen LogP contribution in [0.3, 0.4) is 0 Å². The van der Waals surface area contributed by atoms with E-state index >= 15 is 0 Å². The minimum absolute atomic E-state index is 0.0336. The Balaban J connectivity index is 1.62. The number of carbonyl (C=O) groups excluding carboxylic acids is 1. The molecule has 1 atom stereocenters. The number of furan rings is 1. The summed E-state index contributed by atoms with van der Waals surface area (Å²) in [6.07, 6.45) is 4.58. The maximum absolute atomic E-state index is 12.7. The van der Waals surface area contributed by atoms with Gasteiger partial charge in [0.05, 0.1) is 17.7 Å². The number of amides is 1. The van der Waals surface area contributed by atoms with Gasteiger partial charge in [-0.05, 0) is 31.2 Å². The highest BCUT2D eigenvalue weighted by molar-refractivity contribution is 6.07. The van der Waals surface area contributed by atoms with Crippen LogP contribution in [-0.2, 0) is 4.79 Å². The molecule has 5 rings (SSSR count). The van der Waals surface area contributed by atoms with Crippen molar-refractivity contribution in [1.82, 2.24) is 14.8 Å². The molecular weight excluding hydrogens is 400 g/mol. The molecule has 0 saturated carbocycles. The number of hydrogen-bond acceptors (Lipinski definition) is 4. The Kier molecular flexibility index (Phi) is 5.19. The Morgan fingerprint density at radius 2 is 1.84 bits per heavy atom. The molecule has 0 aliphatic carbocycles. The molecule has 2 aromatic heterocycles. The van der Waals surface area contributed by atoms with E-state index in [9.17, 15) is 4.79 Å². The highest BCUT2D eigenvalue weighted by atomic mass is 16.3. The average molecular weight is 425 g/mol. The molecule has 0 N–H and O–H groups in total. The van der Waals surface area contributed by atoms with Gasteiger partial charge in [0.2, 0.25) is 5.91 Å². The number of rotatable bonds is 5. The van der Waals surface area contributed by atoms with E-state index in [-0.39, 0.29) is 11.9 Å². The molecule has 0 saturated heterocycles. The molecular formula is C26H24N4O2. The van der Waals surface area contributed by atoms with Crippen LogP contribution < -0.4 is 0 Å². The molecule has 1 amide bonds. The van der Waals surface area contributed by atoms with Crippen LogP contribution in [0, 0.1) is 6.92 Å². The highest BCUT2D eigenvalue weighted by Crippen LogP contribution is 2.36. The smallest absolute Gasteiger partial charge is 0.243 e. The summed E-state index contributed by atoms with van der Waals surface area (Å²) < 4.78 is 7.52. The lowest BCUT2D eigenvalue weighted by Crippen LogP contribution is -2.25. The molecule has 0 spiro atoms. The van der Waals surface area contributed by atoms with Crippen molar-refractivity contribution in [3.8, 4) is 16.9 Å². The Bertz CT molecular complexity index is 1260. The molecule has 4 aromatic rings. The second-order valence-corrected chi connectivity index (χ2v) is 7.91. The first-order valence-corrected chi connectivity index (χ1v) is 10.8. The van der Waals surface area contributed by atoms with Gasteiger partial charge in [0, 0.05) is 30.2 Å². The summed E-state index contributed by atoms with van der Waals surface area (Å²) in [6, 6.07) is 21.8. The van der Waals surface area contributed by atoms with Gasteiger partial charge in [-0.1, -0.05) is 55.0 Å². The number of aromatic nitrogens is 2. The molecule has 32 heavy (non-hydrogen) atoms. The molecule has 0 unspecified atom stereocenters. The molecule has 160 valence electrons. The lowest BCUT2D eigenvalue weighted by atomic mass is 9.99. The summed E-state index contributed by atoms with van der Waals surface area (Å²) in [6.45, 7) is 3.91. The second-order valence-electron chi connectivity index (χ2n) is 7.91. The van der Waals surface area contributed by atoms with Crippen molar-refractivity contribution in [1.29, 1.82) is 0 Å². The Morgan fingerprint density at radius 3 is 2.53 bits per heavy atom. The molecule has 1 aliphatic rings. The fourth-order valence-corrected chi connectivity index (χ4v) is 3.99. The Labute approximate surface area is 186 Å². The van der Waals surface area contributed by atoms with Crippen molar-refractivity contribution in [2.24, 2.45) is 5.10 Å².